The predicted molar refractivity (Wildman–Crippen MR) is 95.8 cm³/mol. The van der Waals surface area contributed by atoms with Gasteiger partial charge in [-0.1, -0.05) is 35.1 Å². The Kier molecular flexibility index (Phi) is 3.79. The van der Waals surface area contributed by atoms with Crippen molar-refractivity contribution in [2.75, 3.05) is 36.0 Å². The predicted octanol–water partition coefficient (Wildman–Crippen LogP) is 3.37. The summed E-state index contributed by atoms with van der Waals surface area (Å²) >= 11 is 7.61. The van der Waals surface area contributed by atoms with Crippen LogP contribution >= 0.6 is 22.9 Å². The summed E-state index contributed by atoms with van der Waals surface area (Å²) in [5.41, 5.74) is 2.36. The molecule has 23 heavy (non-hydrogen) atoms. The van der Waals surface area contributed by atoms with Crippen LogP contribution in [0.3, 0.4) is 0 Å². The molecule has 0 bridgehead atoms. The van der Waals surface area contributed by atoms with E-state index in [0.717, 1.165) is 42.8 Å². The molecule has 5 nitrogen and oxygen atoms in total. The molecule has 3 heterocycles. The van der Waals surface area contributed by atoms with Crippen LogP contribution in [-0.4, -0.2) is 41.1 Å². The highest BCUT2D eigenvalue weighted by Crippen LogP contribution is 2.31. The van der Waals surface area contributed by atoms with Gasteiger partial charge < -0.3 is 9.80 Å². The Balaban J connectivity index is 1.50. The number of piperazine rings is 1. The monoisotopic (exact) mass is 345 g/mol. The van der Waals surface area contributed by atoms with E-state index in [-0.39, 0.29) is 0 Å². The zero-order valence-corrected chi connectivity index (χ0v) is 14.3. The first kappa shape index (κ1) is 14.7. The van der Waals surface area contributed by atoms with Gasteiger partial charge in [-0.25, -0.2) is 15.0 Å². The van der Waals surface area contributed by atoms with E-state index in [9.17, 15) is 0 Å². The fourth-order valence-corrected chi connectivity index (χ4v) is 3.97. The maximum absolute atomic E-state index is 5.85. The number of aromatic nitrogens is 3. The number of hydrogen-bond acceptors (Lipinski definition) is 6. The SMILES string of the molecule is Cc1cccc2sc(N3CCN(c4ncc(Cl)cn4)CC3)nc12. The third-order valence-corrected chi connectivity index (χ3v) is 5.33. The average molecular weight is 346 g/mol. The van der Waals surface area contributed by atoms with Gasteiger partial charge in [-0.05, 0) is 18.6 Å². The number of fused-ring (bicyclic) bond motifs is 1. The second-order valence-electron chi connectivity index (χ2n) is 5.59. The molecular weight excluding hydrogens is 330 g/mol. The molecule has 3 aromatic rings. The summed E-state index contributed by atoms with van der Waals surface area (Å²) in [5.74, 6) is 0.745. The molecule has 0 spiro atoms. The smallest absolute Gasteiger partial charge is 0.225 e. The number of benzene rings is 1. The molecule has 1 saturated heterocycles. The van der Waals surface area contributed by atoms with E-state index in [1.807, 2.05) is 0 Å². The van der Waals surface area contributed by atoms with Gasteiger partial charge in [-0.3, -0.25) is 0 Å². The van der Waals surface area contributed by atoms with Crippen LogP contribution in [0.1, 0.15) is 5.56 Å². The molecule has 1 fully saturated rings. The zero-order chi connectivity index (χ0) is 15.8. The normalized spacial score (nSPS) is 15.4. The highest BCUT2D eigenvalue weighted by molar-refractivity contribution is 7.22. The Hall–Kier alpha value is -1.92. The number of thiazole rings is 1. The fourth-order valence-electron chi connectivity index (χ4n) is 2.78. The van der Waals surface area contributed by atoms with Crippen molar-refractivity contribution in [3.63, 3.8) is 0 Å². The van der Waals surface area contributed by atoms with E-state index in [0.29, 0.717) is 5.02 Å². The molecule has 4 rings (SSSR count). The van der Waals surface area contributed by atoms with Crippen molar-refractivity contribution in [3.05, 3.63) is 41.2 Å². The van der Waals surface area contributed by atoms with E-state index >= 15 is 0 Å². The van der Waals surface area contributed by atoms with Crippen molar-refractivity contribution in [2.24, 2.45) is 0 Å². The summed E-state index contributed by atoms with van der Waals surface area (Å²) < 4.78 is 1.25. The lowest BCUT2D eigenvalue weighted by Gasteiger charge is -2.34. The van der Waals surface area contributed by atoms with Crippen molar-refractivity contribution in [1.82, 2.24) is 15.0 Å². The van der Waals surface area contributed by atoms with Crippen molar-refractivity contribution in [2.45, 2.75) is 6.92 Å². The third kappa shape index (κ3) is 2.84. The maximum Gasteiger partial charge on any atom is 0.225 e. The minimum Gasteiger partial charge on any atom is -0.345 e. The van der Waals surface area contributed by atoms with E-state index in [1.54, 1.807) is 23.7 Å². The molecule has 0 unspecified atom stereocenters. The topological polar surface area (TPSA) is 45.2 Å². The molecular formula is C16H16ClN5S. The van der Waals surface area contributed by atoms with E-state index in [1.165, 1.54) is 10.3 Å². The molecule has 118 valence electrons. The van der Waals surface area contributed by atoms with Gasteiger partial charge in [-0.2, -0.15) is 0 Å². The molecule has 1 aromatic carbocycles. The van der Waals surface area contributed by atoms with Crippen molar-refractivity contribution >= 4 is 44.2 Å². The summed E-state index contributed by atoms with van der Waals surface area (Å²) in [6, 6.07) is 6.35. The molecule has 0 radical (unpaired) electrons. The Labute approximate surface area is 143 Å². The lowest BCUT2D eigenvalue weighted by molar-refractivity contribution is 0.639. The first-order chi connectivity index (χ1) is 11.2. The zero-order valence-electron chi connectivity index (χ0n) is 12.7. The van der Waals surface area contributed by atoms with Crippen LogP contribution in [0, 0.1) is 6.92 Å². The largest absolute Gasteiger partial charge is 0.345 e. The molecule has 0 amide bonds. The maximum atomic E-state index is 5.85. The standard InChI is InChI=1S/C16H16ClN5S/c1-11-3-2-4-13-14(11)20-16(23-13)22-7-5-21(6-8-22)15-18-9-12(17)10-19-15/h2-4,9-10H,5-8H2,1H3. The Morgan fingerprint density at radius 1 is 1.04 bits per heavy atom. The van der Waals surface area contributed by atoms with Crippen LogP contribution < -0.4 is 9.80 Å². The number of nitrogens with zero attached hydrogens (tertiary/aromatic N) is 5. The van der Waals surface area contributed by atoms with Crippen molar-refractivity contribution in [3.8, 4) is 0 Å². The summed E-state index contributed by atoms with van der Waals surface area (Å²) in [6.45, 7) is 5.73. The van der Waals surface area contributed by atoms with Crippen LogP contribution in [0.2, 0.25) is 5.02 Å². The van der Waals surface area contributed by atoms with E-state index in [4.69, 9.17) is 16.6 Å². The Morgan fingerprint density at radius 3 is 2.43 bits per heavy atom. The fraction of sp³-hybridized carbons (Fsp3) is 0.312. The van der Waals surface area contributed by atoms with Crippen LogP contribution in [0.4, 0.5) is 11.1 Å². The molecule has 2 aromatic heterocycles. The van der Waals surface area contributed by atoms with Gasteiger partial charge in [0.25, 0.3) is 0 Å². The summed E-state index contributed by atoms with van der Waals surface area (Å²) in [5, 5.41) is 1.67. The lowest BCUT2D eigenvalue weighted by atomic mass is 10.2. The van der Waals surface area contributed by atoms with Gasteiger partial charge in [0.1, 0.15) is 0 Å². The number of para-hydroxylation sites is 1. The van der Waals surface area contributed by atoms with Crippen LogP contribution in [0.25, 0.3) is 10.2 Å². The highest BCUT2D eigenvalue weighted by Gasteiger charge is 2.21. The minimum absolute atomic E-state index is 0.567. The quantitative estimate of drug-likeness (QED) is 0.712. The second kappa shape index (κ2) is 5.94. The lowest BCUT2D eigenvalue weighted by Crippen LogP contribution is -2.47. The van der Waals surface area contributed by atoms with Crippen LogP contribution in [0.15, 0.2) is 30.6 Å². The van der Waals surface area contributed by atoms with Gasteiger partial charge >= 0.3 is 0 Å². The molecule has 0 saturated carbocycles. The summed E-state index contributed by atoms with van der Waals surface area (Å²) in [6.07, 6.45) is 3.29. The second-order valence-corrected chi connectivity index (χ2v) is 7.04. The summed E-state index contributed by atoms with van der Waals surface area (Å²) in [4.78, 5) is 17.9. The van der Waals surface area contributed by atoms with Gasteiger partial charge in [0.2, 0.25) is 5.95 Å². The van der Waals surface area contributed by atoms with Crippen LogP contribution in [0.5, 0.6) is 0 Å². The van der Waals surface area contributed by atoms with Gasteiger partial charge in [0.15, 0.2) is 5.13 Å². The highest BCUT2D eigenvalue weighted by atomic mass is 35.5. The number of anilines is 2. The van der Waals surface area contributed by atoms with Crippen molar-refractivity contribution in [1.29, 1.82) is 0 Å². The average Bonchev–Trinajstić information content (AvgIpc) is 3.01. The van der Waals surface area contributed by atoms with Gasteiger partial charge in [0.05, 0.1) is 27.6 Å². The molecule has 1 aliphatic heterocycles. The van der Waals surface area contributed by atoms with E-state index < -0.39 is 0 Å². The minimum atomic E-state index is 0.567. The summed E-state index contributed by atoms with van der Waals surface area (Å²) in [7, 11) is 0. The number of aryl methyl sites for hydroxylation is 1. The molecule has 7 heteroatoms. The number of rotatable bonds is 2. The van der Waals surface area contributed by atoms with Gasteiger partial charge in [-0.15, -0.1) is 0 Å². The molecule has 0 atom stereocenters. The first-order valence-electron chi connectivity index (χ1n) is 7.54. The van der Waals surface area contributed by atoms with E-state index in [2.05, 4.69) is 44.9 Å². The van der Waals surface area contributed by atoms with Gasteiger partial charge in [0, 0.05) is 26.2 Å². The molecule has 0 aliphatic carbocycles. The molecule has 0 N–H and O–H groups in total. The van der Waals surface area contributed by atoms with Crippen molar-refractivity contribution < 1.29 is 0 Å². The number of hydrogen-bond donors (Lipinski definition) is 0. The Morgan fingerprint density at radius 2 is 1.74 bits per heavy atom. The first-order valence-corrected chi connectivity index (χ1v) is 8.74. The third-order valence-electron chi connectivity index (χ3n) is 4.05. The number of halogens is 1. The Bertz CT molecular complexity index is 824. The molecule has 1 aliphatic rings. The van der Waals surface area contributed by atoms with Crippen LogP contribution in [-0.2, 0) is 0 Å².